The molecule has 0 saturated carbocycles. The monoisotopic (exact) mass is 272 g/mol. The van der Waals surface area contributed by atoms with Gasteiger partial charge in [-0.2, -0.15) is 0 Å². The summed E-state index contributed by atoms with van der Waals surface area (Å²) in [5.74, 6) is 0.0809. The van der Waals surface area contributed by atoms with Crippen molar-refractivity contribution in [1.29, 1.82) is 0 Å². The molecule has 0 aliphatic carbocycles. The van der Waals surface area contributed by atoms with E-state index in [-0.39, 0.29) is 11.9 Å². The summed E-state index contributed by atoms with van der Waals surface area (Å²) in [4.78, 5) is 16.6. The molecule has 19 heavy (non-hydrogen) atoms. The van der Waals surface area contributed by atoms with E-state index in [4.69, 9.17) is 10.5 Å². The van der Waals surface area contributed by atoms with Crippen molar-refractivity contribution in [3.05, 3.63) is 0 Å². The van der Waals surface area contributed by atoms with E-state index in [2.05, 4.69) is 22.0 Å². The second-order valence-corrected chi connectivity index (χ2v) is 5.12. The number of nitrogens with two attached hydrogens (primary N) is 1. The number of rotatable bonds is 7. The number of hydrogen-bond donors (Lipinski definition) is 2. The lowest BCUT2D eigenvalue weighted by molar-refractivity contribution is -0.126. The summed E-state index contributed by atoms with van der Waals surface area (Å²) in [7, 11) is 1.63. The van der Waals surface area contributed by atoms with E-state index in [0.717, 1.165) is 26.2 Å². The molecule has 0 aromatic carbocycles. The molecular formula is C13H28N4O2. The third kappa shape index (κ3) is 5.06. The molecule has 1 heterocycles. The Kier molecular flexibility index (Phi) is 7.30. The molecule has 3 N–H and O–H groups in total. The van der Waals surface area contributed by atoms with E-state index in [1.807, 2.05) is 6.92 Å². The number of carbonyl (C=O) groups excluding carboxylic acids is 1. The molecule has 1 rings (SSSR count). The lowest BCUT2D eigenvalue weighted by Crippen LogP contribution is -2.56. The van der Waals surface area contributed by atoms with Crippen LogP contribution in [0.2, 0.25) is 0 Å². The SMILES string of the molecule is COCCNC(=O)C(C)N1CCN(C(C)CN)CC1. The van der Waals surface area contributed by atoms with Crippen molar-refractivity contribution >= 4 is 5.91 Å². The van der Waals surface area contributed by atoms with E-state index >= 15 is 0 Å². The highest BCUT2D eigenvalue weighted by atomic mass is 16.5. The summed E-state index contributed by atoms with van der Waals surface area (Å²) in [5.41, 5.74) is 5.68. The highest BCUT2D eigenvalue weighted by molar-refractivity contribution is 5.81. The molecule has 1 aliphatic heterocycles. The van der Waals surface area contributed by atoms with Gasteiger partial charge in [0.25, 0.3) is 0 Å². The van der Waals surface area contributed by atoms with Crippen LogP contribution in [0.25, 0.3) is 0 Å². The Bertz CT molecular complexity index is 267. The number of ether oxygens (including phenoxy) is 1. The fraction of sp³-hybridized carbons (Fsp3) is 0.923. The van der Waals surface area contributed by atoms with Crippen LogP contribution in [0, 0.1) is 0 Å². The molecule has 0 aromatic heterocycles. The Labute approximate surface area is 116 Å². The van der Waals surface area contributed by atoms with Crippen molar-refractivity contribution in [3.8, 4) is 0 Å². The number of amides is 1. The molecule has 6 nitrogen and oxygen atoms in total. The van der Waals surface area contributed by atoms with E-state index in [9.17, 15) is 4.79 Å². The van der Waals surface area contributed by atoms with Crippen molar-refractivity contribution in [2.45, 2.75) is 25.9 Å². The van der Waals surface area contributed by atoms with Gasteiger partial charge in [0.15, 0.2) is 0 Å². The van der Waals surface area contributed by atoms with Gasteiger partial charge in [-0.15, -0.1) is 0 Å². The second-order valence-electron chi connectivity index (χ2n) is 5.12. The van der Waals surface area contributed by atoms with E-state index < -0.39 is 0 Å². The number of nitrogens with zero attached hydrogens (tertiary/aromatic N) is 2. The van der Waals surface area contributed by atoms with Crippen molar-refractivity contribution in [1.82, 2.24) is 15.1 Å². The molecule has 1 amide bonds. The van der Waals surface area contributed by atoms with Crippen LogP contribution < -0.4 is 11.1 Å². The zero-order valence-electron chi connectivity index (χ0n) is 12.4. The minimum atomic E-state index is -0.0767. The first kappa shape index (κ1) is 16.4. The van der Waals surface area contributed by atoms with Gasteiger partial charge in [0.1, 0.15) is 0 Å². The van der Waals surface area contributed by atoms with Crippen LogP contribution in [0.5, 0.6) is 0 Å². The summed E-state index contributed by atoms with van der Waals surface area (Å²) >= 11 is 0. The van der Waals surface area contributed by atoms with Crippen LogP contribution in [0.1, 0.15) is 13.8 Å². The topological polar surface area (TPSA) is 70.8 Å². The third-order valence-corrected chi connectivity index (χ3v) is 3.85. The number of piperazine rings is 1. The molecule has 1 saturated heterocycles. The minimum Gasteiger partial charge on any atom is -0.383 e. The quantitative estimate of drug-likeness (QED) is 0.588. The van der Waals surface area contributed by atoms with E-state index in [1.54, 1.807) is 7.11 Å². The molecule has 2 unspecified atom stereocenters. The van der Waals surface area contributed by atoms with Gasteiger partial charge in [0, 0.05) is 52.4 Å². The van der Waals surface area contributed by atoms with Crippen LogP contribution in [0.15, 0.2) is 0 Å². The largest absolute Gasteiger partial charge is 0.383 e. The van der Waals surface area contributed by atoms with Gasteiger partial charge >= 0.3 is 0 Å². The van der Waals surface area contributed by atoms with Crippen LogP contribution in [-0.4, -0.2) is 80.8 Å². The summed E-state index contributed by atoms with van der Waals surface area (Å²) < 4.78 is 4.92. The zero-order chi connectivity index (χ0) is 14.3. The first-order valence-corrected chi connectivity index (χ1v) is 7.05. The Morgan fingerprint density at radius 3 is 2.37 bits per heavy atom. The summed E-state index contributed by atoms with van der Waals surface area (Å²) in [6.45, 7) is 9.73. The van der Waals surface area contributed by atoms with Crippen molar-refractivity contribution in [3.63, 3.8) is 0 Å². The highest BCUT2D eigenvalue weighted by Gasteiger charge is 2.26. The standard InChI is InChI=1S/C13H28N4O2/c1-11(10-14)16-5-7-17(8-6-16)12(2)13(18)15-4-9-19-3/h11-12H,4-10,14H2,1-3H3,(H,15,18). The lowest BCUT2D eigenvalue weighted by Gasteiger charge is -2.39. The van der Waals surface area contributed by atoms with Gasteiger partial charge in [-0.1, -0.05) is 0 Å². The second kappa shape index (κ2) is 8.47. The van der Waals surface area contributed by atoms with Crippen molar-refractivity contribution in [2.75, 3.05) is 53.0 Å². The number of hydrogen-bond acceptors (Lipinski definition) is 5. The molecule has 2 atom stereocenters. The van der Waals surface area contributed by atoms with E-state index in [0.29, 0.717) is 25.7 Å². The molecule has 1 aliphatic rings. The predicted octanol–water partition coefficient (Wildman–Crippen LogP) is -0.898. The first-order valence-electron chi connectivity index (χ1n) is 7.05. The molecule has 1 fully saturated rings. The zero-order valence-corrected chi connectivity index (χ0v) is 12.4. The normalized spacial score (nSPS) is 21.1. The smallest absolute Gasteiger partial charge is 0.237 e. The Balaban J connectivity index is 2.31. The molecule has 6 heteroatoms. The molecule has 0 aromatic rings. The average molecular weight is 272 g/mol. The Morgan fingerprint density at radius 1 is 1.26 bits per heavy atom. The summed E-state index contributed by atoms with van der Waals surface area (Å²) in [6.07, 6.45) is 0. The van der Waals surface area contributed by atoms with Gasteiger partial charge in [-0.05, 0) is 13.8 Å². The Morgan fingerprint density at radius 2 is 1.84 bits per heavy atom. The van der Waals surface area contributed by atoms with E-state index in [1.165, 1.54) is 0 Å². The molecular weight excluding hydrogens is 244 g/mol. The predicted molar refractivity (Wildman–Crippen MR) is 76.0 cm³/mol. The van der Waals surface area contributed by atoms with Gasteiger partial charge in [-0.25, -0.2) is 0 Å². The number of nitrogens with one attached hydrogen (secondary N) is 1. The molecule has 0 bridgehead atoms. The maximum absolute atomic E-state index is 11.9. The maximum atomic E-state index is 11.9. The van der Waals surface area contributed by atoms with Crippen LogP contribution in [0.4, 0.5) is 0 Å². The third-order valence-electron chi connectivity index (χ3n) is 3.85. The minimum absolute atomic E-state index is 0.0767. The van der Waals surface area contributed by atoms with Crippen LogP contribution in [0.3, 0.4) is 0 Å². The maximum Gasteiger partial charge on any atom is 0.237 e. The van der Waals surface area contributed by atoms with Gasteiger partial charge < -0.3 is 15.8 Å². The number of carbonyl (C=O) groups is 1. The summed E-state index contributed by atoms with van der Waals surface area (Å²) in [6, 6.07) is 0.347. The fourth-order valence-electron chi connectivity index (χ4n) is 2.30. The molecule has 0 radical (unpaired) electrons. The first-order chi connectivity index (χ1) is 9.10. The molecule has 0 spiro atoms. The average Bonchev–Trinajstić information content (AvgIpc) is 2.46. The van der Waals surface area contributed by atoms with Crippen LogP contribution >= 0.6 is 0 Å². The van der Waals surface area contributed by atoms with Crippen molar-refractivity contribution in [2.24, 2.45) is 5.73 Å². The number of methoxy groups -OCH3 is 1. The fourth-order valence-corrected chi connectivity index (χ4v) is 2.30. The van der Waals surface area contributed by atoms with Crippen LogP contribution in [-0.2, 0) is 9.53 Å². The molecule has 112 valence electrons. The highest BCUT2D eigenvalue weighted by Crippen LogP contribution is 2.09. The summed E-state index contributed by atoms with van der Waals surface area (Å²) in [5, 5.41) is 2.89. The van der Waals surface area contributed by atoms with Gasteiger partial charge in [0.05, 0.1) is 12.6 Å². The van der Waals surface area contributed by atoms with Gasteiger partial charge in [-0.3, -0.25) is 14.6 Å². The van der Waals surface area contributed by atoms with Crippen molar-refractivity contribution < 1.29 is 9.53 Å². The lowest BCUT2D eigenvalue weighted by atomic mass is 10.2. The Hall–Kier alpha value is -0.690. The van der Waals surface area contributed by atoms with Gasteiger partial charge in [0.2, 0.25) is 5.91 Å².